The summed E-state index contributed by atoms with van der Waals surface area (Å²) in [6, 6.07) is -1.16. The van der Waals surface area contributed by atoms with Gasteiger partial charge < -0.3 is 26.2 Å². The quantitative estimate of drug-likeness (QED) is 0.256. The fourth-order valence-electron chi connectivity index (χ4n) is 6.04. The van der Waals surface area contributed by atoms with Crippen molar-refractivity contribution in [3.05, 3.63) is 16.3 Å². The molecule has 0 aromatic carbocycles. The smallest absolute Gasteiger partial charge is 0.235 e. The number of nitrogens with one attached hydrogen (secondary N) is 1. The highest BCUT2D eigenvalue weighted by Gasteiger charge is 2.69. The number of likely N-dealkylation sites (N-methyl/N-ethyl adjacent to an activating group) is 2. The summed E-state index contributed by atoms with van der Waals surface area (Å²) >= 11 is 6.41. The van der Waals surface area contributed by atoms with E-state index < -0.39 is 70.1 Å². The van der Waals surface area contributed by atoms with Crippen LogP contribution >= 0.6 is 11.6 Å². The van der Waals surface area contributed by atoms with E-state index in [1.165, 1.54) is 19.0 Å². The van der Waals surface area contributed by atoms with Crippen LogP contribution in [-0.4, -0.2) is 107 Å². The fourth-order valence-corrected chi connectivity index (χ4v) is 6.29. The maximum absolute atomic E-state index is 13.8. The second-order valence-corrected chi connectivity index (χ2v) is 10.8. The number of Topliss-reactive ketones (excluding diaryl/α,β-unsaturated/α-hetero) is 4. The van der Waals surface area contributed by atoms with Gasteiger partial charge in [-0.3, -0.25) is 28.9 Å². The lowest BCUT2D eigenvalue weighted by Crippen LogP contribution is -2.74. The van der Waals surface area contributed by atoms with Crippen LogP contribution in [0.4, 0.5) is 5.82 Å². The van der Waals surface area contributed by atoms with Gasteiger partial charge in [-0.05, 0) is 47.0 Å². The molecule has 1 aromatic heterocycles. The summed E-state index contributed by atoms with van der Waals surface area (Å²) in [7, 11) is 6.76. The maximum atomic E-state index is 13.8. The maximum Gasteiger partial charge on any atom is 0.235 e. The molecule has 0 radical (unpaired) electrons. The molecule has 0 saturated heterocycles. The van der Waals surface area contributed by atoms with E-state index in [9.17, 15) is 34.2 Å². The predicted molar refractivity (Wildman–Crippen MR) is 131 cm³/mol. The first-order valence-corrected chi connectivity index (χ1v) is 12.3. The van der Waals surface area contributed by atoms with Crippen molar-refractivity contribution in [1.82, 2.24) is 14.8 Å². The molecule has 2 unspecified atom stereocenters. The lowest BCUT2D eigenvalue weighted by Gasteiger charge is -2.52. The van der Waals surface area contributed by atoms with E-state index in [1.54, 1.807) is 0 Å². The molecule has 0 spiro atoms. The van der Waals surface area contributed by atoms with Crippen LogP contribution in [0.1, 0.15) is 22.3 Å². The topological polar surface area (TPSA) is 183 Å². The normalized spacial score (nSPS) is 31.3. The number of fused-ring (bicyclic) bond motifs is 3. The number of halogens is 1. The molecule has 3 aliphatic carbocycles. The Kier molecular flexibility index (Phi) is 6.91. The summed E-state index contributed by atoms with van der Waals surface area (Å²) in [4.78, 5) is 73.4. The number of aromatic hydroxyl groups is 1. The Morgan fingerprint density at radius 1 is 1.19 bits per heavy atom. The Bertz CT molecular complexity index is 1220. The van der Waals surface area contributed by atoms with Crippen LogP contribution in [0.3, 0.4) is 0 Å². The number of ketones is 4. The molecule has 4 rings (SSSR count). The van der Waals surface area contributed by atoms with Crippen molar-refractivity contribution in [2.45, 2.75) is 24.5 Å². The van der Waals surface area contributed by atoms with Gasteiger partial charge >= 0.3 is 0 Å². The number of hydrogen-bond donors (Lipinski definition) is 4. The minimum atomic E-state index is -2.77. The van der Waals surface area contributed by atoms with Crippen molar-refractivity contribution in [2.24, 2.45) is 29.4 Å². The van der Waals surface area contributed by atoms with E-state index in [4.69, 9.17) is 17.3 Å². The highest BCUT2D eigenvalue weighted by atomic mass is 35.5. The largest absolute Gasteiger partial charge is 0.504 e. The van der Waals surface area contributed by atoms with Gasteiger partial charge in [0, 0.05) is 24.6 Å². The molecule has 200 valence electrons. The van der Waals surface area contributed by atoms with E-state index in [0.29, 0.717) is 13.1 Å². The number of primary amides is 1. The van der Waals surface area contributed by atoms with Crippen molar-refractivity contribution in [2.75, 3.05) is 46.6 Å². The molecule has 37 heavy (non-hydrogen) atoms. The molecule has 6 atom stereocenters. The Balaban J connectivity index is 1.79. The molecule has 13 heteroatoms. The van der Waals surface area contributed by atoms with E-state index in [0.717, 1.165) is 0 Å². The Morgan fingerprint density at radius 3 is 2.41 bits per heavy atom. The number of nitrogens with zero attached hydrogens (tertiary/aromatic N) is 3. The summed E-state index contributed by atoms with van der Waals surface area (Å²) in [5, 5.41) is 25.4. The zero-order valence-corrected chi connectivity index (χ0v) is 21.7. The van der Waals surface area contributed by atoms with E-state index in [1.807, 2.05) is 19.0 Å². The van der Waals surface area contributed by atoms with E-state index in [-0.39, 0.29) is 34.9 Å². The van der Waals surface area contributed by atoms with Crippen molar-refractivity contribution >= 4 is 46.5 Å². The van der Waals surface area contributed by atoms with Crippen molar-refractivity contribution < 1.29 is 34.2 Å². The molecule has 0 aliphatic heterocycles. The van der Waals surface area contributed by atoms with Crippen molar-refractivity contribution in [3.63, 3.8) is 0 Å². The SMILES string of the molecule is CN(C)CCNc1nc(Cl)c2c(c1O)C(=O)C1C(=O)[C@]3(O)C(=O)C(C(N)=O)C(=O)[C@@H](N(C)C)[C@@H]3C[C@@H]1C2. The third kappa shape index (κ3) is 4.02. The number of nitrogens with two attached hydrogens (primary N) is 1. The van der Waals surface area contributed by atoms with Crippen molar-refractivity contribution in [1.29, 1.82) is 0 Å². The molecular weight excluding hydrogens is 506 g/mol. The Morgan fingerprint density at radius 2 is 1.84 bits per heavy atom. The summed E-state index contributed by atoms with van der Waals surface area (Å²) in [5.74, 6) is -11.2. The van der Waals surface area contributed by atoms with Crippen LogP contribution in [0, 0.1) is 23.7 Å². The van der Waals surface area contributed by atoms with Gasteiger partial charge in [0.2, 0.25) is 5.91 Å². The van der Waals surface area contributed by atoms with Gasteiger partial charge in [0.15, 0.2) is 46.2 Å². The number of rotatable bonds is 6. The summed E-state index contributed by atoms with van der Waals surface area (Å²) in [6.07, 6.45) is 0.00698. The van der Waals surface area contributed by atoms with Gasteiger partial charge in [0.1, 0.15) is 5.15 Å². The molecule has 12 nitrogen and oxygen atoms in total. The molecule has 0 bridgehead atoms. The first-order valence-electron chi connectivity index (χ1n) is 11.9. The van der Waals surface area contributed by atoms with Crippen molar-refractivity contribution in [3.8, 4) is 5.75 Å². The van der Waals surface area contributed by atoms with Crippen LogP contribution in [0.2, 0.25) is 5.15 Å². The monoisotopic (exact) mass is 535 g/mol. The molecule has 1 aromatic rings. The molecular formula is C24H30ClN5O7. The average molecular weight is 536 g/mol. The predicted octanol–water partition coefficient (Wildman–Crippen LogP) is -1.11. The number of pyridine rings is 1. The van der Waals surface area contributed by atoms with E-state index >= 15 is 0 Å². The highest BCUT2D eigenvalue weighted by Crippen LogP contribution is 2.51. The summed E-state index contributed by atoms with van der Waals surface area (Å²) < 4.78 is 0. The van der Waals surface area contributed by atoms with Crippen LogP contribution in [0.25, 0.3) is 0 Å². The van der Waals surface area contributed by atoms with Gasteiger partial charge in [-0.25, -0.2) is 4.98 Å². The zero-order valence-electron chi connectivity index (χ0n) is 20.9. The fraction of sp³-hybridized carbons (Fsp3) is 0.583. The molecule has 1 heterocycles. The lowest BCUT2D eigenvalue weighted by molar-refractivity contribution is -0.181. The number of hydrogen-bond acceptors (Lipinski definition) is 11. The van der Waals surface area contributed by atoms with Gasteiger partial charge in [-0.1, -0.05) is 11.6 Å². The number of carbonyl (C=O) groups excluding carboxylic acids is 5. The van der Waals surface area contributed by atoms with Gasteiger partial charge in [-0.15, -0.1) is 0 Å². The number of amides is 1. The summed E-state index contributed by atoms with van der Waals surface area (Å²) in [5.41, 5.74) is 2.61. The Labute approximate surface area is 218 Å². The minimum absolute atomic E-state index is 0.0195. The molecule has 2 saturated carbocycles. The third-order valence-electron chi connectivity index (χ3n) is 7.73. The van der Waals surface area contributed by atoms with Crippen LogP contribution in [0.15, 0.2) is 0 Å². The molecule has 3 aliphatic rings. The average Bonchev–Trinajstić information content (AvgIpc) is 2.78. The molecule has 1 amide bonds. The zero-order chi connectivity index (χ0) is 27.6. The third-order valence-corrected chi connectivity index (χ3v) is 8.04. The highest BCUT2D eigenvalue weighted by molar-refractivity contribution is 6.34. The molecule has 5 N–H and O–H groups in total. The molecule has 2 fully saturated rings. The van der Waals surface area contributed by atoms with Crippen LogP contribution in [-0.2, 0) is 25.6 Å². The standard InChI is InChI=1S/C24H30ClN5O7/c1-29(2)6-5-27-23-18(33)13-10(21(25)28-23)7-9-8-11-15(30(3)4)17(32)14(22(26)36)20(35)24(11,37)19(34)12(9)16(13)31/h9,11-12,14-15,33,37H,5-8H2,1-4H3,(H2,26,36)(H,27,28)/t9-,11-,12?,14?,15-,24-/m0/s1. The Hall–Kier alpha value is -2.93. The van der Waals surface area contributed by atoms with Gasteiger partial charge in [0.25, 0.3) is 0 Å². The number of carbonyl (C=O) groups is 5. The van der Waals surface area contributed by atoms with Crippen LogP contribution < -0.4 is 11.1 Å². The second kappa shape index (κ2) is 9.43. The minimum Gasteiger partial charge on any atom is -0.504 e. The lowest BCUT2D eigenvalue weighted by atomic mass is 9.52. The second-order valence-electron chi connectivity index (χ2n) is 10.5. The summed E-state index contributed by atoms with van der Waals surface area (Å²) in [6.45, 7) is 0.975. The van der Waals surface area contributed by atoms with Gasteiger partial charge in [-0.2, -0.15) is 0 Å². The first-order chi connectivity index (χ1) is 17.2. The van der Waals surface area contributed by atoms with Gasteiger partial charge in [0.05, 0.1) is 17.5 Å². The van der Waals surface area contributed by atoms with Crippen LogP contribution in [0.5, 0.6) is 5.75 Å². The van der Waals surface area contributed by atoms with E-state index in [2.05, 4.69) is 10.3 Å². The number of aromatic nitrogens is 1. The number of aliphatic hydroxyl groups is 1. The number of anilines is 1. The first kappa shape index (κ1) is 27.1.